The fourth-order valence-corrected chi connectivity index (χ4v) is 1.66. The molecule has 0 bridgehead atoms. The van der Waals surface area contributed by atoms with Crippen molar-refractivity contribution in [3.63, 3.8) is 0 Å². The zero-order chi connectivity index (χ0) is 14.5. The highest BCUT2D eigenvalue weighted by atomic mass is 19.2. The molecule has 0 saturated heterocycles. The highest BCUT2D eigenvalue weighted by Gasteiger charge is 2.10. The number of rotatable bonds is 5. The van der Waals surface area contributed by atoms with Crippen LogP contribution in [0, 0.1) is 11.6 Å². The normalized spacial score (nSPS) is 12.2. The molecule has 0 radical (unpaired) electrons. The molecule has 2 rings (SSSR count). The predicted octanol–water partition coefficient (Wildman–Crippen LogP) is 2.85. The van der Waals surface area contributed by atoms with Crippen molar-refractivity contribution < 1.29 is 18.0 Å². The molecular weight excluding hydrogens is 266 g/mol. The van der Waals surface area contributed by atoms with Crippen LogP contribution in [0.4, 0.5) is 14.5 Å². The molecule has 2 N–H and O–H groups in total. The summed E-state index contributed by atoms with van der Waals surface area (Å²) in [6.07, 6.45) is 1.55. The topological polar surface area (TPSA) is 54.3 Å². The van der Waals surface area contributed by atoms with Crippen LogP contribution in [0.25, 0.3) is 0 Å². The van der Waals surface area contributed by atoms with E-state index in [0.717, 1.165) is 12.1 Å². The summed E-state index contributed by atoms with van der Waals surface area (Å²) in [5, 5.41) is 5.43. The number of nitrogens with one attached hydrogen (secondary N) is 2. The number of hydrogen-bond donors (Lipinski definition) is 2. The fourth-order valence-electron chi connectivity index (χ4n) is 1.66. The molecule has 1 aromatic carbocycles. The van der Waals surface area contributed by atoms with E-state index < -0.39 is 11.6 Å². The van der Waals surface area contributed by atoms with Crippen LogP contribution in [-0.4, -0.2) is 12.5 Å². The first-order chi connectivity index (χ1) is 9.56. The summed E-state index contributed by atoms with van der Waals surface area (Å²) in [4.78, 5) is 11.7. The van der Waals surface area contributed by atoms with Gasteiger partial charge in [-0.1, -0.05) is 0 Å². The second-order valence-corrected chi connectivity index (χ2v) is 4.30. The van der Waals surface area contributed by atoms with Gasteiger partial charge in [0, 0.05) is 11.8 Å². The summed E-state index contributed by atoms with van der Waals surface area (Å²) in [5.74, 6) is -1.59. The van der Waals surface area contributed by atoms with E-state index in [2.05, 4.69) is 10.6 Å². The molecule has 0 aliphatic heterocycles. The van der Waals surface area contributed by atoms with Crippen molar-refractivity contribution in [1.82, 2.24) is 5.32 Å². The van der Waals surface area contributed by atoms with E-state index in [9.17, 15) is 13.6 Å². The van der Waals surface area contributed by atoms with Crippen LogP contribution in [0.1, 0.15) is 18.7 Å². The average Bonchev–Trinajstić information content (AvgIpc) is 2.94. The third kappa shape index (κ3) is 3.64. The van der Waals surface area contributed by atoms with Gasteiger partial charge in [0.25, 0.3) is 0 Å². The molecule has 4 nitrogen and oxygen atoms in total. The number of amides is 1. The number of carbonyl (C=O) groups is 1. The smallest absolute Gasteiger partial charge is 0.238 e. The maximum absolute atomic E-state index is 13.0. The van der Waals surface area contributed by atoms with Crippen LogP contribution < -0.4 is 10.6 Å². The van der Waals surface area contributed by atoms with Gasteiger partial charge in [-0.3, -0.25) is 10.1 Å². The zero-order valence-corrected chi connectivity index (χ0v) is 10.8. The molecule has 106 valence electrons. The van der Waals surface area contributed by atoms with Gasteiger partial charge in [0.1, 0.15) is 5.76 Å². The minimum atomic E-state index is -1.00. The molecular formula is C14H14F2N2O2. The van der Waals surface area contributed by atoms with E-state index in [1.165, 1.54) is 6.07 Å². The summed E-state index contributed by atoms with van der Waals surface area (Å²) >= 11 is 0. The van der Waals surface area contributed by atoms with Crippen molar-refractivity contribution in [1.29, 1.82) is 0 Å². The average molecular weight is 280 g/mol. The Morgan fingerprint density at radius 3 is 2.75 bits per heavy atom. The lowest BCUT2D eigenvalue weighted by Crippen LogP contribution is -2.30. The summed E-state index contributed by atoms with van der Waals surface area (Å²) in [5.41, 5.74) is 0.210. The molecule has 6 heteroatoms. The van der Waals surface area contributed by atoms with Crippen molar-refractivity contribution in [2.45, 2.75) is 13.0 Å². The molecule has 0 aliphatic carbocycles. The van der Waals surface area contributed by atoms with Gasteiger partial charge in [-0.15, -0.1) is 0 Å². The van der Waals surface area contributed by atoms with E-state index in [4.69, 9.17) is 4.42 Å². The minimum absolute atomic E-state index is 0.0286. The van der Waals surface area contributed by atoms with E-state index in [1.54, 1.807) is 18.4 Å². The maximum atomic E-state index is 13.0. The lowest BCUT2D eigenvalue weighted by Gasteiger charge is -2.11. The van der Waals surface area contributed by atoms with Crippen molar-refractivity contribution in [2.24, 2.45) is 0 Å². The molecule has 20 heavy (non-hydrogen) atoms. The monoisotopic (exact) mass is 280 g/mol. The summed E-state index contributed by atoms with van der Waals surface area (Å²) in [6, 6.07) is 6.62. The third-order valence-electron chi connectivity index (χ3n) is 2.74. The summed E-state index contributed by atoms with van der Waals surface area (Å²) in [6.45, 7) is 1.88. The molecule has 1 aromatic heterocycles. The van der Waals surface area contributed by atoms with E-state index in [-0.39, 0.29) is 24.2 Å². The molecule has 1 heterocycles. The highest BCUT2D eigenvalue weighted by Crippen LogP contribution is 2.14. The molecule has 1 atom stereocenters. The maximum Gasteiger partial charge on any atom is 0.238 e. The van der Waals surface area contributed by atoms with Gasteiger partial charge in [-0.25, -0.2) is 8.78 Å². The van der Waals surface area contributed by atoms with Crippen LogP contribution in [0.15, 0.2) is 41.0 Å². The van der Waals surface area contributed by atoms with Gasteiger partial charge in [0.15, 0.2) is 11.6 Å². The second kappa shape index (κ2) is 6.29. The lowest BCUT2D eigenvalue weighted by atomic mass is 10.2. The largest absolute Gasteiger partial charge is 0.468 e. The van der Waals surface area contributed by atoms with Crippen LogP contribution in [0.2, 0.25) is 0 Å². The number of carbonyl (C=O) groups excluding carboxylic acids is 1. The van der Waals surface area contributed by atoms with E-state index in [0.29, 0.717) is 5.76 Å². The minimum Gasteiger partial charge on any atom is -0.468 e. The van der Waals surface area contributed by atoms with Gasteiger partial charge in [-0.05, 0) is 31.2 Å². The Morgan fingerprint density at radius 1 is 1.30 bits per heavy atom. The summed E-state index contributed by atoms with van der Waals surface area (Å²) < 4.78 is 30.9. The molecule has 1 amide bonds. The van der Waals surface area contributed by atoms with Gasteiger partial charge in [0.05, 0.1) is 18.8 Å². The lowest BCUT2D eigenvalue weighted by molar-refractivity contribution is -0.115. The van der Waals surface area contributed by atoms with Crippen molar-refractivity contribution in [3.05, 3.63) is 54.0 Å². The van der Waals surface area contributed by atoms with Crippen molar-refractivity contribution in [3.8, 4) is 0 Å². The Bertz CT molecular complexity index is 585. The Morgan fingerprint density at radius 2 is 2.10 bits per heavy atom. The first-order valence-corrected chi connectivity index (χ1v) is 6.08. The first-order valence-electron chi connectivity index (χ1n) is 6.08. The number of benzene rings is 1. The SMILES string of the molecule is C[C@@H](NCC(=O)Nc1ccc(F)c(F)c1)c1ccco1. The van der Waals surface area contributed by atoms with Crippen LogP contribution in [0.5, 0.6) is 0 Å². The molecule has 2 aromatic rings. The molecule has 0 fully saturated rings. The number of anilines is 1. The predicted molar refractivity (Wildman–Crippen MR) is 70.1 cm³/mol. The second-order valence-electron chi connectivity index (χ2n) is 4.30. The van der Waals surface area contributed by atoms with Crippen LogP contribution >= 0.6 is 0 Å². The Hall–Kier alpha value is -2.21. The first kappa shape index (κ1) is 14.2. The number of halogens is 2. The Labute approximate surface area is 114 Å². The number of furan rings is 1. The van der Waals surface area contributed by atoms with Gasteiger partial charge in [-0.2, -0.15) is 0 Å². The zero-order valence-electron chi connectivity index (χ0n) is 10.8. The molecule has 0 unspecified atom stereocenters. The fraction of sp³-hybridized carbons (Fsp3) is 0.214. The summed E-state index contributed by atoms with van der Waals surface area (Å²) in [7, 11) is 0. The Kier molecular flexibility index (Phi) is 4.47. The van der Waals surface area contributed by atoms with Crippen LogP contribution in [-0.2, 0) is 4.79 Å². The molecule has 0 saturated carbocycles. The van der Waals surface area contributed by atoms with Gasteiger partial charge in [0.2, 0.25) is 5.91 Å². The Balaban J connectivity index is 1.85. The number of hydrogen-bond acceptors (Lipinski definition) is 3. The van der Waals surface area contributed by atoms with Crippen molar-refractivity contribution in [2.75, 3.05) is 11.9 Å². The quantitative estimate of drug-likeness (QED) is 0.885. The van der Waals surface area contributed by atoms with E-state index >= 15 is 0 Å². The molecule has 0 aliphatic rings. The van der Waals surface area contributed by atoms with Gasteiger partial charge < -0.3 is 9.73 Å². The molecule has 0 spiro atoms. The highest BCUT2D eigenvalue weighted by molar-refractivity contribution is 5.92. The van der Waals surface area contributed by atoms with E-state index in [1.807, 2.05) is 6.92 Å². The van der Waals surface area contributed by atoms with Crippen LogP contribution in [0.3, 0.4) is 0 Å². The van der Waals surface area contributed by atoms with Crippen molar-refractivity contribution >= 4 is 11.6 Å². The third-order valence-corrected chi connectivity index (χ3v) is 2.74. The van der Waals surface area contributed by atoms with Gasteiger partial charge >= 0.3 is 0 Å². The standard InChI is InChI=1S/C14H14F2N2O2/c1-9(13-3-2-6-20-13)17-8-14(19)18-10-4-5-11(15)12(16)7-10/h2-7,9,17H,8H2,1H3,(H,18,19)/t9-/m1/s1.